The number of hydrogen-bond donors (Lipinski definition) is 0. The molecule has 2 atom stereocenters. The first-order valence-corrected chi connectivity index (χ1v) is 4.01. The van der Waals surface area contributed by atoms with E-state index in [9.17, 15) is 0 Å². The van der Waals surface area contributed by atoms with Gasteiger partial charge in [-0.3, -0.25) is 0 Å². The fourth-order valence-corrected chi connectivity index (χ4v) is 0.608. The van der Waals surface area contributed by atoms with Gasteiger partial charge >= 0.3 is 0 Å². The highest BCUT2D eigenvalue weighted by molar-refractivity contribution is 4.57. The van der Waals surface area contributed by atoms with Crippen LogP contribution in [0.2, 0.25) is 0 Å². The van der Waals surface area contributed by atoms with Gasteiger partial charge in [-0.15, -0.1) is 0 Å². The summed E-state index contributed by atoms with van der Waals surface area (Å²) in [4.78, 5) is 0. The lowest BCUT2D eigenvalue weighted by Gasteiger charge is -2.14. The summed E-state index contributed by atoms with van der Waals surface area (Å²) < 4.78 is 10.6. The highest BCUT2D eigenvalue weighted by atomic mass is 16.5. The Labute approximate surface area is 69.9 Å². The predicted molar refractivity (Wildman–Crippen MR) is 46.2 cm³/mol. The van der Waals surface area contributed by atoms with Crippen LogP contribution in [0.5, 0.6) is 0 Å². The zero-order valence-electron chi connectivity index (χ0n) is 7.67. The van der Waals surface area contributed by atoms with Crippen molar-refractivity contribution in [1.29, 1.82) is 0 Å². The maximum Gasteiger partial charge on any atom is 0.0780 e. The average Bonchev–Trinajstić information content (AvgIpc) is 1.97. The van der Waals surface area contributed by atoms with Crippen LogP contribution in [0.25, 0.3) is 0 Å². The van der Waals surface area contributed by atoms with Crippen molar-refractivity contribution in [3.63, 3.8) is 0 Å². The summed E-state index contributed by atoms with van der Waals surface area (Å²) in [6, 6.07) is 0. The van der Waals surface area contributed by atoms with E-state index in [4.69, 9.17) is 9.47 Å². The van der Waals surface area contributed by atoms with E-state index >= 15 is 0 Å². The van der Waals surface area contributed by atoms with Gasteiger partial charge in [-0.2, -0.15) is 0 Å². The molecule has 2 nitrogen and oxygen atoms in total. The Balaban J connectivity index is 3.15. The van der Waals surface area contributed by atoms with Gasteiger partial charge in [-0.05, 0) is 27.2 Å². The molecule has 0 saturated carbocycles. The van der Waals surface area contributed by atoms with E-state index < -0.39 is 0 Å². The van der Waals surface area contributed by atoms with Crippen LogP contribution in [0.4, 0.5) is 0 Å². The van der Waals surface area contributed by atoms with Gasteiger partial charge in [0.1, 0.15) is 0 Å². The van der Waals surface area contributed by atoms with Crippen molar-refractivity contribution in [3.8, 4) is 0 Å². The maximum atomic E-state index is 5.33. The maximum absolute atomic E-state index is 5.33. The number of ether oxygens (including phenoxy) is 2. The molecule has 0 aromatic heterocycles. The quantitative estimate of drug-likeness (QED) is 0.587. The first-order valence-electron chi connectivity index (χ1n) is 4.01. The van der Waals surface area contributed by atoms with Gasteiger partial charge in [0.25, 0.3) is 0 Å². The van der Waals surface area contributed by atoms with Crippen LogP contribution >= 0.6 is 0 Å². The summed E-state index contributed by atoms with van der Waals surface area (Å²) in [6.45, 7) is 10.9. The van der Waals surface area contributed by atoms with Gasteiger partial charge in [0.15, 0.2) is 0 Å². The van der Waals surface area contributed by atoms with Gasteiger partial charge in [0.2, 0.25) is 0 Å². The van der Waals surface area contributed by atoms with Gasteiger partial charge in [0, 0.05) is 6.61 Å². The van der Waals surface area contributed by atoms with Crippen LogP contribution < -0.4 is 0 Å². The monoisotopic (exact) mass is 158 g/mol. The van der Waals surface area contributed by atoms with Crippen molar-refractivity contribution in [2.24, 2.45) is 0 Å². The molecule has 0 saturated heterocycles. The van der Waals surface area contributed by atoms with E-state index in [0.29, 0.717) is 13.2 Å². The molecule has 0 aromatic rings. The Hall–Kier alpha value is -0.0800. The molecule has 0 aliphatic heterocycles. The largest absolute Gasteiger partial charge is 0.376 e. The lowest BCUT2D eigenvalue weighted by molar-refractivity contribution is -0.0133. The van der Waals surface area contributed by atoms with Crippen molar-refractivity contribution < 1.29 is 9.47 Å². The van der Waals surface area contributed by atoms with Crippen molar-refractivity contribution in [2.45, 2.75) is 33.0 Å². The second-order valence-electron chi connectivity index (χ2n) is 2.70. The molecule has 66 valence electrons. The summed E-state index contributed by atoms with van der Waals surface area (Å²) in [5.41, 5.74) is 0. The van der Waals surface area contributed by atoms with E-state index in [1.54, 1.807) is 0 Å². The van der Waals surface area contributed by atoms with Crippen LogP contribution in [0.15, 0.2) is 0 Å². The molecule has 0 N–H and O–H groups in total. The molecule has 0 rings (SSSR count). The van der Waals surface area contributed by atoms with E-state index in [0.717, 1.165) is 0 Å². The molecule has 0 heterocycles. The fraction of sp³-hybridized carbons (Fsp3) is 0.778. The highest BCUT2D eigenvalue weighted by Crippen LogP contribution is 1.95. The molecule has 2 unspecified atom stereocenters. The number of hydrogen-bond acceptors (Lipinski definition) is 2. The molecule has 0 fully saturated rings. The third kappa shape index (κ3) is 7.82. The summed E-state index contributed by atoms with van der Waals surface area (Å²) in [6.07, 6.45) is 2.19. The van der Waals surface area contributed by atoms with Crippen LogP contribution in [0.1, 0.15) is 20.8 Å². The van der Waals surface area contributed by atoms with Crippen molar-refractivity contribution in [2.75, 3.05) is 13.2 Å². The average molecular weight is 158 g/mol. The minimum atomic E-state index is 0.0478. The second-order valence-corrected chi connectivity index (χ2v) is 2.70. The summed E-state index contributed by atoms with van der Waals surface area (Å²) in [5.74, 6) is 0. The molecule has 11 heavy (non-hydrogen) atoms. The Morgan fingerprint density at radius 2 is 2.00 bits per heavy atom. The minimum absolute atomic E-state index is 0.0478. The van der Waals surface area contributed by atoms with Crippen molar-refractivity contribution in [1.82, 2.24) is 0 Å². The third-order valence-corrected chi connectivity index (χ3v) is 1.16. The molecule has 0 spiro atoms. The molecule has 2 heteroatoms. The molecule has 2 radical (unpaired) electrons. The molecule has 0 bridgehead atoms. The fourth-order valence-electron chi connectivity index (χ4n) is 0.608. The molecular formula is C9H18O2. The van der Waals surface area contributed by atoms with Crippen molar-refractivity contribution in [3.05, 3.63) is 13.3 Å². The molecule has 0 amide bonds. The Kier molecular flexibility index (Phi) is 6.57. The van der Waals surface area contributed by atoms with Crippen LogP contribution in [0, 0.1) is 13.3 Å². The summed E-state index contributed by atoms with van der Waals surface area (Å²) >= 11 is 0. The number of rotatable bonds is 6. The van der Waals surface area contributed by atoms with Gasteiger partial charge < -0.3 is 9.47 Å². The van der Waals surface area contributed by atoms with Crippen LogP contribution in [0.3, 0.4) is 0 Å². The van der Waals surface area contributed by atoms with Gasteiger partial charge in [-0.1, -0.05) is 6.92 Å². The standard InChI is InChI=1S/C9H18O2/c1-5-6-10-9(4)7-11-8(2)3/h5,8-9H,2,6-7H2,1,3-4H3. The zero-order valence-corrected chi connectivity index (χ0v) is 7.67. The third-order valence-electron chi connectivity index (χ3n) is 1.16. The zero-order chi connectivity index (χ0) is 8.69. The van der Waals surface area contributed by atoms with Gasteiger partial charge in [0.05, 0.1) is 18.8 Å². The summed E-state index contributed by atoms with van der Waals surface area (Å²) in [7, 11) is 0. The van der Waals surface area contributed by atoms with Gasteiger partial charge in [-0.25, -0.2) is 0 Å². The smallest absolute Gasteiger partial charge is 0.0780 e. The molecule has 0 aliphatic carbocycles. The lowest BCUT2D eigenvalue weighted by Crippen LogP contribution is -2.19. The van der Waals surface area contributed by atoms with Crippen molar-refractivity contribution >= 4 is 0 Å². The molecule has 0 aromatic carbocycles. The first kappa shape index (κ1) is 10.9. The van der Waals surface area contributed by atoms with E-state index in [1.807, 2.05) is 27.2 Å². The SMILES string of the molecule is [CH2]C(C)OCC(C)OC[CH]C. The molecule has 0 aliphatic rings. The topological polar surface area (TPSA) is 18.5 Å². The van der Waals surface area contributed by atoms with E-state index in [1.165, 1.54) is 0 Å². The van der Waals surface area contributed by atoms with Crippen LogP contribution in [-0.4, -0.2) is 25.4 Å². The highest BCUT2D eigenvalue weighted by Gasteiger charge is 2.02. The molecular weight excluding hydrogens is 140 g/mol. The lowest BCUT2D eigenvalue weighted by atomic mass is 10.4. The predicted octanol–water partition coefficient (Wildman–Crippen LogP) is 1.85. The normalized spacial score (nSPS) is 13.9. The van der Waals surface area contributed by atoms with E-state index in [2.05, 4.69) is 6.92 Å². The minimum Gasteiger partial charge on any atom is -0.376 e. The Bertz CT molecular complexity index is 81.6. The first-order chi connectivity index (χ1) is 5.16. The second kappa shape index (κ2) is 6.62. The summed E-state index contributed by atoms with van der Waals surface area (Å²) in [5, 5.41) is 0. The van der Waals surface area contributed by atoms with Crippen LogP contribution in [-0.2, 0) is 9.47 Å². The van der Waals surface area contributed by atoms with E-state index in [-0.39, 0.29) is 12.2 Å². The Morgan fingerprint density at radius 1 is 1.36 bits per heavy atom. The Morgan fingerprint density at radius 3 is 2.45 bits per heavy atom.